The monoisotopic (exact) mass is 414 g/mol. The minimum Gasteiger partial charge on any atom is -0.481 e. The van der Waals surface area contributed by atoms with Crippen molar-refractivity contribution in [2.45, 2.75) is 147 Å². The molecule has 1 atom stereocenters. The van der Waals surface area contributed by atoms with E-state index >= 15 is 0 Å². The molecule has 174 valence electrons. The largest absolute Gasteiger partial charge is 0.481 e. The molecule has 0 radical (unpaired) electrons. The predicted molar refractivity (Wildman–Crippen MR) is 122 cm³/mol. The lowest BCUT2D eigenvalue weighted by atomic mass is 10.0. The highest BCUT2D eigenvalue weighted by atomic mass is 16.4. The third-order valence-electron chi connectivity index (χ3n) is 5.89. The van der Waals surface area contributed by atoms with Crippen LogP contribution in [-0.4, -0.2) is 34.0 Å². The average molecular weight is 415 g/mol. The van der Waals surface area contributed by atoms with Crippen LogP contribution in [-0.2, 0) is 4.79 Å². The summed E-state index contributed by atoms with van der Waals surface area (Å²) in [5, 5.41) is 26.6. The SMILES string of the molecule is O=C(O)CCCCCCCCCCCCCCCCCCCCCCC(O)CO. The third-order valence-corrected chi connectivity index (χ3v) is 5.89. The number of aliphatic hydroxyl groups excluding tert-OH is 2. The van der Waals surface area contributed by atoms with E-state index in [0.717, 1.165) is 25.7 Å². The Morgan fingerprint density at radius 3 is 1.07 bits per heavy atom. The van der Waals surface area contributed by atoms with Crippen molar-refractivity contribution in [3.8, 4) is 0 Å². The van der Waals surface area contributed by atoms with Crippen LogP contribution in [0.25, 0.3) is 0 Å². The molecular formula is C25H50O4. The number of hydrogen-bond donors (Lipinski definition) is 3. The number of carboxylic acids is 1. The summed E-state index contributed by atoms with van der Waals surface area (Å²) in [4.78, 5) is 10.4. The van der Waals surface area contributed by atoms with Crippen molar-refractivity contribution in [3.63, 3.8) is 0 Å². The molecule has 0 bridgehead atoms. The molecule has 0 heterocycles. The predicted octanol–water partition coefficient (Wildman–Crippen LogP) is 7.01. The zero-order valence-corrected chi connectivity index (χ0v) is 19.1. The summed E-state index contributed by atoms with van der Waals surface area (Å²) in [5.74, 6) is -0.662. The molecule has 0 rings (SSSR count). The number of unbranched alkanes of at least 4 members (excludes halogenated alkanes) is 19. The molecule has 0 aliphatic rings. The van der Waals surface area contributed by atoms with Crippen molar-refractivity contribution in [3.05, 3.63) is 0 Å². The van der Waals surface area contributed by atoms with E-state index < -0.39 is 12.1 Å². The molecule has 0 aromatic rings. The van der Waals surface area contributed by atoms with E-state index in [-0.39, 0.29) is 6.61 Å². The number of hydrogen-bond acceptors (Lipinski definition) is 3. The van der Waals surface area contributed by atoms with Crippen molar-refractivity contribution in [2.24, 2.45) is 0 Å². The van der Waals surface area contributed by atoms with E-state index in [1.807, 2.05) is 0 Å². The first-order chi connectivity index (χ1) is 14.2. The smallest absolute Gasteiger partial charge is 0.303 e. The average Bonchev–Trinajstić information content (AvgIpc) is 2.71. The number of aliphatic carboxylic acids is 1. The topological polar surface area (TPSA) is 77.8 Å². The fourth-order valence-corrected chi connectivity index (χ4v) is 3.93. The Morgan fingerprint density at radius 1 is 0.517 bits per heavy atom. The number of carboxylic acid groups (broad SMARTS) is 1. The van der Waals surface area contributed by atoms with Gasteiger partial charge in [0.15, 0.2) is 0 Å². The molecule has 0 fully saturated rings. The summed E-state index contributed by atoms with van der Waals surface area (Å²) in [6, 6.07) is 0. The van der Waals surface area contributed by atoms with Crippen LogP contribution < -0.4 is 0 Å². The van der Waals surface area contributed by atoms with Crippen LogP contribution in [0.2, 0.25) is 0 Å². The molecule has 29 heavy (non-hydrogen) atoms. The molecule has 3 N–H and O–H groups in total. The van der Waals surface area contributed by atoms with Gasteiger partial charge in [-0.2, -0.15) is 0 Å². The maximum atomic E-state index is 10.4. The highest BCUT2D eigenvalue weighted by molar-refractivity contribution is 5.66. The van der Waals surface area contributed by atoms with E-state index in [1.165, 1.54) is 109 Å². The van der Waals surface area contributed by atoms with Gasteiger partial charge in [-0.3, -0.25) is 4.79 Å². The molecule has 0 saturated heterocycles. The van der Waals surface area contributed by atoms with Crippen molar-refractivity contribution in [2.75, 3.05) is 6.61 Å². The number of aliphatic hydroxyl groups is 2. The Morgan fingerprint density at radius 2 is 0.793 bits per heavy atom. The summed E-state index contributed by atoms with van der Waals surface area (Å²) in [6.45, 7) is -0.0984. The standard InChI is InChI=1S/C25H50O4/c26-23-24(27)21-19-17-15-13-11-9-7-5-3-1-2-4-6-8-10-12-14-16-18-20-22-25(28)29/h24,26-27H,1-23H2,(H,28,29). The van der Waals surface area contributed by atoms with Crippen molar-refractivity contribution >= 4 is 5.97 Å². The first-order valence-electron chi connectivity index (χ1n) is 12.7. The van der Waals surface area contributed by atoms with Gasteiger partial charge in [0, 0.05) is 6.42 Å². The summed E-state index contributed by atoms with van der Waals surface area (Å²) < 4.78 is 0. The summed E-state index contributed by atoms with van der Waals surface area (Å²) in [5.41, 5.74) is 0. The van der Waals surface area contributed by atoms with E-state index in [4.69, 9.17) is 10.2 Å². The zero-order valence-electron chi connectivity index (χ0n) is 19.1. The molecule has 4 heteroatoms. The lowest BCUT2D eigenvalue weighted by Crippen LogP contribution is -2.10. The Labute approximate surface area is 180 Å². The zero-order chi connectivity index (χ0) is 21.4. The van der Waals surface area contributed by atoms with Crippen LogP contribution in [0.15, 0.2) is 0 Å². The molecule has 0 aliphatic heterocycles. The summed E-state index contributed by atoms with van der Waals surface area (Å²) >= 11 is 0. The van der Waals surface area contributed by atoms with Gasteiger partial charge in [-0.25, -0.2) is 0 Å². The second kappa shape index (κ2) is 23.7. The van der Waals surface area contributed by atoms with Crippen LogP contribution in [0.5, 0.6) is 0 Å². The minimum atomic E-state index is -0.662. The van der Waals surface area contributed by atoms with Crippen LogP contribution >= 0.6 is 0 Å². The second-order valence-electron chi connectivity index (χ2n) is 8.84. The molecule has 0 saturated carbocycles. The summed E-state index contributed by atoms with van der Waals surface area (Å²) in [7, 11) is 0. The Bertz CT molecular complexity index is 333. The van der Waals surface area contributed by atoms with Gasteiger partial charge in [0.05, 0.1) is 12.7 Å². The van der Waals surface area contributed by atoms with Crippen molar-refractivity contribution in [1.82, 2.24) is 0 Å². The molecule has 0 spiro atoms. The summed E-state index contributed by atoms with van der Waals surface area (Å²) in [6.07, 6.45) is 26.3. The van der Waals surface area contributed by atoms with Crippen LogP contribution in [0.3, 0.4) is 0 Å². The maximum absolute atomic E-state index is 10.4. The molecule has 0 aliphatic carbocycles. The highest BCUT2D eigenvalue weighted by Gasteiger charge is 2.01. The van der Waals surface area contributed by atoms with Crippen molar-refractivity contribution < 1.29 is 20.1 Å². The van der Waals surface area contributed by atoms with Crippen LogP contribution in [0, 0.1) is 0 Å². The number of rotatable bonds is 24. The third kappa shape index (κ3) is 25.4. The van der Waals surface area contributed by atoms with Gasteiger partial charge in [0.1, 0.15) is 0 Å². The van der Waals surface area contributed by atoms with E-state index in [0.29, 0.717) is 6.42 Å². The minimum absolute atomic E-state index is 0.0984. The fourth-order valence-electron chi connectivity index (χ4n) is 3.93. The molecule has 0 amide bonds. The van der Waals surface area contributed by atoms with Crippen LogP contribution in [0.4, 0.5) is 0 Å². The number of carbonyl (C=O) groups is 1. The highest BCUT2D eigenvalue weighted by Crippen LogP contribution is 2.15. The maximum Gasteiger partial charge on any atom is 0.303 e. The lowest BCUT2D eigenvalue weighted by Gasteiger charge is -2.06. The normalized spacial score (nSPS) is 12.3. The van der Waals surface area contributed by atoms with E-state index in [1.54, 1.807) is 0 Å². The fraction of sp³-hybridized carbons (Fsp3) is 0.960. The molecule has 4 nitrogen and oxygen atoms in total. The van der Waals surface area contributed by atoms with Gasteiger partial charge in [0.2, 0.25) is 0 Å². The molecule has 1 unspecified atom stereocenters. The Hall–Kier alpha value is -0.610. The Balaban J connectivity index is 3.02. The van der Waals surface area contributed by atoms with E-state index in [2.05, 4.69) is 0 Å². The van der Waals surface area contributed by atoms with Crippen molar-refractivity contribution in [1.29, 1.82) is 0 Å². The lowest BCUT2D eigenvalue weighted by molar-refractivity contribution is -0.137. The molecule has 0 aromatic carbocycles. The van der Waals surface area contributed by atoms with Gasteiger partial charge >= 0.3 is 5.97 Å². The van der Waals surface area contributed by atoms with Gasteiger partial charge in [-0.1, -0.05) is 122 Å². The van der Waals surface area contributed by atoms with E-state index in [9.17, 15) is 9.90 Å². The van der Waals surface area contributed by atoms with Gasteiger partial charge in [-0.15, -0.1) is 0 Å². The quantitative estimate of drug-likeness (QED) is 0.148. The second-order valence-corrected chi connectivity index (χ2v) is 8.84. The Kier molecular flexibility index (Phi) is 23.2. The van der Waals surface area contributed by atoms with Gasteiger partial charge in [0.25, 0.3) is 0 Å². The first kappa shape index (κ1) is 28.4. The van der Waals surface area contributed by atoms with Gasteiger partial charge < -0.3 is 15.3 Å². The molecular weight excluding hydrogens is 364 g/mol. The van der Waals surface area contributed by atoms with Gasteiger partial charge in [-0.05, 0) is 12.8 Å². The molecule has 0 aromatic heterocycles. The van der Waals surface area contributed by atoms with Crippen LogP contribution in [0.1, 0.15) is 141 Å². The first-order valence-corrected chi connectivity index (χ1v) is 12.7.